The van der Waals surface area contributed by atoms with Gasteiger partial charge in [0.25, 0.3) is 11.8 Å². The highest BCUT2D eigenvalue weighted by Gasteiger charge is 2.05. The van der Waals surface area contributed by atoms with Gasteiger partial charge >= 0.3 is 0 Å². The molecule has 4 N–H and O–H groups in total. The Morgan fingerprint density at radius 3 is 1.53 bits per heavy atom. The van der Waals surface area contributed by atoms with Crippen LogP contribution < -0.4 is 20.3 Å². The van der Waals surface area contributed by atoms with Crippen LogP contribution in [0.1, 0.15) is 11.1 Å². The Labute approximate surface area is 217 Å². The molecule has 10 nitrogen and oxygen atoms in total. The van der Waals surface area contributed by atoms with Crippen molar-refractivity contribution in [3.63, 3.8) is 0 Å². The third-order valence-corrected chi connectivity index (χ3v) is 5.59. The van der Waals surface area contributed by atoms with Crippen LogP contribution in [-0.2, 0) is 9.59 Å². The minimum Gasteiger partial charge on any atom is -0.484 e. The summed E-state index contributed by atoms with van der Waals surface area (Å²) in [5.41, 5.74) is 8.61. The second-order valence-electron chi connectivity index (χ2n) is 8.21. The van der Waals surface area contributed by atoms with Crippen molar-refractivity contribution in [2.24, 2.45) is 10.2 Å². The number of nitrogens with one attached hydrogen (secondary N) is 4. The zero-order valence-electron chi connectivity index (χ0n) is 20.2. The van der Waals surface area contributed by atoms with Gasteiger partial charge in [-0.25, -0.2) is 10.9 Å². The molecule has 0 saturated carbocycles. The van der Waals surface area contributed by atoms with Gasteiger partial charge in [0.2, 0.25) is 0 Å². The predicted molar refractivity (Wildman–Crippen MR) is 146 cm³/mol. The molecule has 0 aliphatic rings. The van der Waals surface area contributed by atoms with E-state index in [9.17, 15) is 9.59 Å². The van der Waals surface area contributed by atoms with Gasteiger partial charge < -0.3 is 19.4 Å². The number of rotatable bonds is 10. The summed E-state index contributed by atoms with van der Waals surface area (Å²) in [5, 5.41) is 10.00. The van der Waals surface area contributed by atoms with Gasteiger partial charge in [-0.3, -0.25) is 9.59 Å². The van der Waals surface area contributed by atoms with Gasteiger partial charge in [0.1, 0.15) is 11.5 Å². The Kier molecular flexibility index (Phi) is 7.40. The zero-order chi connectivity index (χ0) is 26.2. The summed E-state index contributed by atoms with van der Waals surface area (Å²) in [4.78, 5) is 30.4. The zero-order valence-corrected chi connectivity index (χ0v) is 20.2. The summed E-state index contributed by atoms with van der Waals surface area (Å²) in [6.45, 7) is -0.412. The normalized spacial score (nSPS) is 11.4. The monoisotopic (exact) mass is 508 g/mol. The van der Waals surface area contributed by atoms with Crippen molar-refractivity contribution < 1.29 is 19.1 Å². The van der Waals surface area contributed by atoms with Gasteiger partial charge in [-0.1, -0.05) is 36.4 Å². The van der Waals surface area contributed by atoms with E-state index < -0.39 is 11.8 Å². The molecule has 0 saturated heterocycles. The maximum atomic E-state index is 12.0. The molecule has 2 heterocycles. The molecule has 190 valence electrons. The van der Waals surface area contributed by atoms with E-state index in [1.807, 2.05) is 60.9 Å². The van der Waals surface area contributed by atoms with Crippen molar-refractivity contribution in [2.45, 2.75) is 0 Å². The second-order valence-corrected chi connectivity index (χ2v) is 8.21. The molecular weight excluding hydrogens is 484 g/mol. The molecule has 5 rings (SSSR count). The SMILES string of the molecule is O=C(COc1ccc(OCC(=O)NN=Cc2c[nH]c3ccccc23)cc1)NN=Cc1c[nH]c2ccccc12. The number of hydrazone groups is 2. The van der Waals surface area contributed by atoms with Gasteiger partial charge in [-0.2, -0.15) is 10.2 Å². The number of aromatic amines is 2. The number of hydrogen-bond acceptors (Lipinski definition) is 6. The lowest BCUT2D eigenvalue weighted by molar-refractivity contribution is -0.123. The summed E-state index contributed by atoms with van der Waals surface area (Å²) < 4.78 is 11.0. The van der Waals surface area contributed by atoms with E-state index in [0.717, 1.165) is 32.9 Å². The number of aromatic nitrogens is 2. The van der Waals surface area contributed by atoms with Crippen LogP contribution in [0.15, 0.2) is 95.4 Å². The van der Waals surface area contributed by atoms with Crippen molar-refractivity contribution in [3.05, 3.63) is 96.3 Å². The average molecular weight is 509 g/mol. The summed E-state index contributed by atoms with van der Waals surface area (Å²) in [7, 11) is 0. The van der Waals surface area contributed by atoms with Crippen LogP contribution in [0.4, 0.5) is 0 Å². The molecule has 5 aromatic rings. The highest BCUT2D eigenvalue weighted by atomic mass is 16.5. The molecule has 0 unspecified atom stereocenters. The number of ether oxygens (including phenoxy) is 2. The first-order valence-corrected chi connectivity index (χ1v) is 11.8. The number of amides is 2. The molecule has 0 atom stereocenters. The van der Waals surface area contributed by atoms with E-state index >= 15 is 0 Å². The van der Waals surface area contributed by atoms with Crippen molar-refractivity contribution in [3.8, 4) is 11.5 Å². The van der Waals surface area contributed by atoms with Gasteiger partial charge in [-0.15, -0.1) is 0 Å². The lowest BCUT2D eigenvalue weighted by Gasteiger charge is -2.07. The molecule has 0 radical (unpaired) electrons. The highest BCUT2D eigenvalue weighted by Crippen LogP contribution is 2.18. The molecule has 10 heteroatoms. The average Bonchev–Trinajstić information content (AvgIpc) is 3.56. The minimum atomic E-state index is -0.397. The second kappa shape index (κ2) is 11.6. The summed E-state index contributed by atoms with van der Waals surface area (Å²) in [5.74, 6) is 0.152. The topological polar surface area (TPSA) is 133 Å². The fraction of sp³-hybridized carbons (Fsp3) is 0.0714. The molecule has 0 spiro atoms. The lowest BCUT2D eigenvalue weighted by atomic mass is 10.2. The number of H-pyrrole nitrogens is 2. The van der Waals surface area contributed by atoms with E-state index in [4.69, 9.17) is 9.47 Å². The van der Waals surface area contributed by atoms with Gasteiger partial charge in [0, 0.05) is 45.3 Å². The van der Waals surface area contributed by atoms with E-state index in [0.29, 0.717) is 11.5 Å². The summed E-state index contributed by atoms with van der Waals surface area (Å²) in [6, 6.07) is 22.2. The van der Waals surface area contributed by atoms with Crippen LogP contribution in [-0.4, -0.2) is 47.4 Å². The number of hydrogen-bond donors (Lipinski definition) is 4. The van der Waals surface area contributed by atoms with Crippen LogP contribution in [0, 0.1) is 0 Å². The maximum Gasteiger partial charge on any atom is 0.277 e. The van der Waals surface area contributed by atoms with Crippen LogP contribution in [0.3, 0.4) is 0 Å². The number of carbonyl (C=O) groups is 2. The molecule has 2 aromatic heterocycles. The number of benzene rings is 3. The van der Waals surface area contributed by atoms with E-state index in [1.165, 1.54) is 0 Å². The fourth-order valence-corrected chi connectivity index (χ4v) is 3.74. The van der Waals surface area contributed by atoms with Gasteiger partial charge in [0.15, 0.2) is 13.2 Å². The first kappa shape index (κ1) is 24.3. The van der Waals surface area contributed by atoms with E-state index in [2.05, 4.69) is 31.0 Å². The largest absolute Gasteiger partial charge is 0.484 e. The van der Waals surface area contributed by atoms with Crippen molar-refractivity contribution >= 4 is 46.0 Å². The Hall–Kier alpha value is -5.38. The molecule has 0 fully saturated rings. The van der Waals surface area contributed by atoms with Crippen molar-refractivity contribution in [2.75, 3.05) is 13.2 Å². The summed E-state index contributed by atoms with van der Waals surface area (Å²) >= 11 is 0. The molecule has 3 aromatic carbocycles. The number of fused-ring (bicyclic) bond motifs is 2. The minimum absolute atomic E-state index is 0.206. The van der Waals surface area contributed by atoms with E-state index in [-0.39, 0.29) is 13.2 Å². The quantitative estimate of drug-likeness (QED) is 0.169. The number of para-hydroxylation sites is 2. The predicted octanol–water partition coefficient (Wildman–Crippen LogP) is 3.71. The maximum absolute atomic E-state index is 12.0. The molecular formula is C28H24N6O4. The van der Waals surface area contributed by atoms with Crippen LogP contribution in [0.5, 0.6) is 11.5 Å². The fourth-order valence-electron chi connectivity index (χ4n) is 3.74. The molecule has 2 amide bonds. The molecule has 0 bridgehead atoms. The lowest BCUT2D eigenvalue weighted by Crippen LogP contribution is -2.25. The Morgan fingerprint density at radius 1 is 0.658 bits per heavy atom. The Bertz CT molecular complexity index is 1500. The van der Waals surface area contributed by atoms with Crippen molar-refractivity contribution in [1.82, 2.24) is 20.8 Å². The number of carbonyl (C=O) groups excluding carboxylic acids is 2. The molecule has 0 aliphatic carbocycles. The highest BCUT2D eigenvalue weighted by molar-refractivity contribution is 6.00. The molecule has 0 aliphatic heterocycles. The third-order valence-electron chi connectivity index (χ3n) is 5.59. The Balaban J connectivity index is 1.02. The third kappa shape index (κ3) is 6.05. The van der Waals surface area contributed by atoms with Crippen LogP contribution >= 0.6 is 0 Å². The van der Waals surface area contributed by atoms with E-state index in [1.54, 1.807) is 36.7 Å². The summed E-state index contributed by atoms with van der Waals surface area (Å²) in [6.07, 6.45) is 6.80. The standard InChI is InChI=1S/C28H24N6O4/c35-27(33-31-15-19-13-29-25-7-3-1-5-23(19)25)17-37-21-9-11-22(12-10-21)38-18-28(36)34-32-16-20-14-30-26-8-4-2-6-24(20)26/h1-16,29-30H,17-18H2,(H,33,35)(H,34,36). The molecule has 38 heavy (non-hydrogen) atoms. The smallest absolute Gasteiger partial charge is 0.277 e. The van der Waals surface area contributed by atoms with Gasteiger partial charge in [0.05, 0.1) is 12.4 Å². The van der Waals surface area contributed by atoms with Gasteiger partial charge in [-0.05, 0) is 36.4 Å². The number of nitrogens with zero attached hydrogens (tertiary/aromatic N) is 2. The first-order chi connectivity index (χ1) is 18.7. The first-order valence-electron chi connectivity index (χ1n) is 11.8. The van der Waals surface area contributed by atoms with Crippen molar-refractivity contribution in [1.29, 1.82) is 0 Å². The van der Waals surface area contributed by atoms with Crippen LogP contribution in [0.25, 0.3) is 21.8 Å². The van der Waals surface area contributed by atoms with Crippen LogP contribution in [0.2, 0.25) is 0 Å². The Morgan fingerprint density at radius 2 is 1.08 bits per heavy atom.